The Balaban J connectivity index is 1.41. The Labute approximate surface area is 247 Å². The van der Waals surface area contributed by atoms with Crippen LogP contribution in [-0.2, 0) is 21.2 Å². The summed E-state index contributed by atoms with van der Waals surface area (Å²) in [5, 5.41) is 2.83. The quantitative estimate of drug-likeness (QED) is 0.226. The van der Waals surface area contributed by atoms with Crippen molar-refractivity contribution in [2.45, 2.75) is 18.2 Å². The van der Waals surface area contributed by atoms with Gasteiger partial charge in [0.25, 0.3) is 5.91 Å². The second-order valence-corrected chi connectivity index (χ2v) is 11.8. The van der Waals surface area contributed by atoms with Gasteiger partial charge in [-0.3, -0.25) is 14.6 Å². The van der Waals surface area contributed by atoms with Gasteiger partial charge in [-0.05, 0) is 73.2 Å². The number of aryl methyl sites for hydroxylation is 1. The van der Waals surface area contributed by atoms with Gasteiger partial charge in [-0.25, -0.2) is 21.5 Å². The van der Waals surface area contributed by atoms with Crippen LogP contribution in [0.4, 0.5) is 14.5 Å². The van der Waals surface area contributed by atoms with E-state index in [0.717, 1.165) is 17.8 Å². The minimum atomic E-state index is -3.79. The van der Waals surface area contributed by atoms with Crippen LogP contribution in [0.3, 0.4) is 0 Å². The lowest BCUT2D eigenvalue weighted by atomic mass is 10.0. The highest BCUT2D eigenvalue weighted by Gasteiger charge is 2.22. The van der Waals surface area contributed by atoms with E-state index < -0.39 is 40.0 Å². The van der Waals surface area contributed by atoms with Crippen LogP contribution >= 0.6 is 11.6 Å². The van der Waals surface area contributed by atoms with Crippen molar-refractivity contribution in [3.05, 3.63) is 118 Å². The normalized spacial score (nSPS) is 11.4. The second kappa shape index (κ2) is 13.2. The van der Waals surface area contributed by atoms with Crippen LogP contribution in [0, 0.1) is 18.6 Å². The van der Waals surface area contributed by atoms with Crippen molar-refractivity contribution >= 4 is 39.0 Å². The number of pyridine rings is 1. The number of rotatable bonds is 11. The number of aromatic nitrogens is 1. The van der Waals surface area contributed by atoms with E-state index in [2.05, 4.69) is 10.3 Å². The summed E-state index contributed by atoms with van der Waals surface area (Å²) >= 11 is 6.02. The highest BCUT2D eigenvalue weighted by molar-refractivity contribution is 7.89. The lowest BCUT2D eigenvalue weighted by molar-refractivity contribution is -0.118. The molecule has 1 heterocycles. The van der Waals surface area contributed by atoms with E-state index in [1.807, 2.05) is 12.1 Å². The SMILES string of the molecule is Cc1cc(S(=O)(=O)N(C)CCc2ccccn2)ccc1NC(=O)COc1ccc(Cl)cc1C(=O)c1cc(F)cc(F)c1. The summed E-state index contributed by atoms with van der Waals surface area (Å²) in [7, 11) is -2.30. The van der Waals surface area contributed by atoms with Crippen molar-refractivity contribution in [3.63, 3.8) is 0 Å². The molecule has 1 amide bonds. The third kappa shape index (κ3) is 7.55. The first-order valence-corrected chi connectivity index (χ1v) is 14.5. The number of hydrogen-bond donors (Lipinski definition) is 1. The number of halogens is 3. The Morgan fingerprint density at radius 1 is 1.00 bits per heavy atom. The van der Waals surface area contributed by atoms with Gasteiger partial charge in [0, 0.05) is 54.2 Å². The average molecular weight is 614 g/mol. The van der Waals surface area contributed by atoms with Crippen molar-refractivity contribution in [1.29, 1.82) is 0 Å². The number of ketones is 1. The second-order valence-electron chi connectivity index (χ2n) is 9.34. The van der Waals surface area contributed by atoms with Crippen LogP contribution in [-0.4, -0.2) is 49.6 Å². The summed E-state index contributed by atoms with van der Waals surface area (Å²) < 4.78 is 60.3. The van der Waals surface area contributed by atoms with E-state index in [4.69, 9.17) is 16.3 Å². The van der Waals surface area contributed by atoms with Gasteiger partial charge in [-0.15, -0.1) is 0 Å². The van der Waals surface area contributed by atoms with Gasteiger partial charge in [0.2, 0.25) is 10.0 Å². The summed E-state index contributed by atoms with van der Waals surface area (Å²) in [5.41, 5.74) is 1.30. The molecule has 4 aromatic rings. The lowest BCUT2D eigenvalue weighted by Gasteiger charge is -2.18. The van der Waals surface area contributed by atoms with Crippen LogP contribution in [0.15, 0.2) is 83.9 Å². The maximum atomic E-state index is 13.7. The monoisotopic (exact) mass is 613 g/mol. The summed E-state index contributed by atoms with van der Waals surface area (Å²) in [4.78, 5) is 29.9. The van der Waals surface area contributed by atoms with E-state index >= 15 is 0 Å². The van der Waals surface area contributed by atoms with Crippen molar-refractivity contribution in [1.82, 2.24) is 9.29 Å². The number of amides is 1. The molecule has 0 radical (unpaired) electrons. The molecule has 0 bridgehead atoms. The number of carbonyl (C=O) groups excluding carboxylic acids is 2. The molecule has 0 fully saturated rings. The largest absolute Gasteiger partial charge is 0.483 e. The first kappa shape index (κ1) is 30.8. The molecule has 218 valence electrons. The number of likely N-dealkylation sites (N-methyl/N-ethyl adjacent to an activating group) is 1. The van der Waals surface area contributed by atoms with Gasteiger partial charge >= 0.3 is 0 Å². The molecule has 0 atom stereocenters. The number of benzene rings is 3. The van der Waals surface area contributed by atoms with E-state index in [1.54, 1.807) is 19.2 Å². The molecule has 4 rings (SSSR count). The van der Waals surface area contributed by atoms with Crippen molar-refractivity contribution in [2.75, 3.05) is 25.5 Å². The molecular weight excluding hydrogens is 588 g/mol. The smallest absolute Gasteiger partial charge is 0.262 e. The molecule has 0 saturated heterocycles. The summed E-state index contributed by atoms with van der Waals surface area (Å²) in [5.74, 6) is -3.20. The zero-order valence-electron chi connectivity index (χ0n) is 22.6. The van der Waals surface area contributed by atoms with Crippen molar-refractivity contribution in [3.8, 4) is 5.75 Å². The fourth-order valence-electron chi connectivity index (χ4n) is 4.03. The molecule has 1 N–H and O–H groups in total. The number of sulfonamides is 1. The minimum Gasteiger partial charge on any atom is -0.483 e. The molecule has 42 heavy (non-hydrogen) atoms. The van der Waals surface area contributed by atoms with E-state index in [-0.39, 0.29) is 33.3 Å². The summed E-state index contributed by atoms with van der Waals surface area (Å²) in [6, 6.07) is 16.3. The van der Waals surface area contributed by atoms with Crippen molar-refractivity contribution in [2.24, 2.45) is 0 Å². The van der Waals surface area contributed by atoms with Gasteiger partial charge in [0.1, 0.15) is 17.4 Å². The molecule has 12 heteroatoms. The van der Waals surface area contributed by atoms with E-state index in [9.17, 15) is 26.8 Å². The lowest BCUT2D eigenvalue weighted by Crippen LogP contribution is -2.29. The number of anilines is 1. The third-order valence-electron chi connectivity index (χ3n) is 6.26. The fraction of sp³-hybridized carbons (Fsp3) is 0.167. The van der Waals surface area contributed by atoms with Crippen LogP contribution in [0.25, 0.3) is 0 Å². The molecule has 3 aromatic carbocycles. The van der Waals surface area contributed by atoms with Gasteiger partial charge in [0.05, 0.1) is 10.5 Å². The Morgan fingerprint density at radius 3 is 2.40 bits per heavy atom. The Morgan fingerprint density at radius 2 is 1.74 bits per heavy atom. The highest BCUT2D eigenvalue weighted by atomic mass is 35.5. The number of nitrogens with zero attached hydrogens (tertiary/aromatic N) is 2. The van der Waals surface area contributed by atoms with Gasteiger partial charge < -0.3 is 10.1 Å². The van der Waals surface area contributed by atoms with Gasteiger partial charge in [-0.1, -0.05) is 17.7 Å². The number of hydrogen-bond acceptors (Lipinski definition) is 6. The third-order valence-corrected chi connectivity index (χ3v) is 8.35. The van der Waals surface area contributed by atoms with Crippen LogP contribution < -0.4 is 10.1 Å². The van der Waals surface area contributed by atoms with Crippen LogP contribution in [0.2, 0.25) is 5.02 Å². The van der Waals surface area contributed by atoms with Crippen LogP contribution in [0.1, 0.15) is 27.2 Å². The number of carbonyl (C=O) groups is 2. The predicted molar refractivity (Wildman–Crippen MR) is 154 cm³/mol. The van der Waals surface area contributed by atoms with Gasteiger partial charge in [-0.2, -0.15) is 0 Å². The molecule has 8 nitrogen and oxygen atoms in total. The molecular formula is C30H26ClF2N3O5S. The summed E-state index contributed by atoms with van der Waals surface area (Å²) in [6.07, 6.45) is 2.10. The Kier molecular flexibility index (Phi) is 9.66. The minimum absolute atomic E-state index is 0.0175. The highest BCUT2D eigenvalue weighted by Crippen LogP contribution is 2.27. The first-order chi connectivity index (χ1) is 19.9. The van der Waals surface area contributed by atoms with Crippen molar-refractivity contribution < 1.29 is 31.5 Å². The van der Waals surface area contributed by atoms with E-state index in [1.165, 1.54) is 47.8 Å². The molecule has 0 aliphatic rings. The maximum absolute atomic E-state index is 13.7. The average Bonchev–Trinajstić information content (AvgIpc) is 2.95. The van der Waals surface area contributed by atoms with Crippen LogP contribution in [0.5, 0.6) is 5.75 Å². The zero-order chi connectivity index (χ0) is 30.4. The number of nitrogens with one attached hydrogen (secondary N) is 1. The zero-order valence-corrected chi connectivity index (χ0v) is 24.2. The molecule has 0 saturated carbocycles. The first-order valence-electron chi connectivity index (χ1n) is 12.6. The van der Waals surface area contributed by atoms with E-state index in [0.29, 0.717) is 23.7 Å². The number of ether oxygens (including phenoxy) is 1. The molecule has 1 aromatic heterocycles. The summed E-state index contributed by atoms with van der Waals surface area (Å²) in [6.45, 7) is 1.37. The Bertz CT molecular complexity index is 1720. The molecule has 0 aliphatic carbocycles. The molecule has 0 aliphatic heterocycles. The molecule has 0 spiro atoms. The fourth-order valence-corrected chi connectivity index (χ4v) is 5.46. The standard InChI is InChI=1S/C30H26ClF2N3O5S/c1-19-13-25(42(39,40)36(2)12-10-24-5-3-4-11-34-24)7-8-27(19)35-29(37)18-41-28-9-6-21(31)16-26(28)30(38)20-14-22(32)17-23(33)15-20/h3-9,11,13-17H,10,12,18H2,1-2H3,(H,35,37). The van der Waals surface area contributed by atoms with Gasteiger partial charge in [0.15, 0.2) is 12.4 Å². The molecule has 0 unspecified atom stereocenters. The topological polar surface area (TPSA) is 106 Å². The maximum Gasteiger partial charge on any atom is 0.262 e. The Hall–Kier alpha value is -4.19. The predicted octanol–water partition coefficient (Wildman–Crippen LogP) is 5.43.